The number of nitrogens with zero attached hydrogens (tertiary/aromatic N) is 2. The van der Waals surface area contributed by atoms with Crippen molar-refractivity contribution in [1.29, 1.82) is 0 Å². The summed E-state index contributed by atoms with van der Waals surface area (Å²) in [7, 11) is 1.74. The van der Waals surface area contributed by atoms with Crippen LogP contribution in [0.15, 0.2) is 17.8 Å². The van der Waals surface area contributed by atoms with Gasteiger partial charge >= 0.3 is 0 Å². The highest BCUT2D eigenvalue weighted by Crippen LogP contribution is 2.16. The van der Waals surface area contributed by atoms with E-state index in [1.165, 1.54) is 18.5 Å². The Balaban J connectivity index is 1.86. The first-order chi connectivity index (χ1) is 9.33. The predicted molar refractivity (Wildman–Crippen MR) is 79.9 cm³/mol. The van der Waals surface area contributed by atoms with Gasteiger partial charge in [-0.05, 0) is 25.3 Å². The minimum atomic E-state index is 0.659. The van der Waals surface area contributed by atoms with Crippen molar-refractivity contribution in [2.24, 2.45) is 5.92 Å². The van der Waals surface area contributed by atoms with Gasteiger partial charge in [0.2, 0.25) is 0 Å². The predicted octanol–water partition coefficient (Wildman–Crippen LogP) is 2.59. The highest BCUT2D eigenvalue weighted by atomic mass is 32.1. The molecular formula is C14H23N3OS. The smallest absolute Gasteiger partial charge is 0.193 e. The molecule has 2 rings (SSSR count). The first-order valence-corrected chi connectivity index (χ1v) is 7.82. The molecule has 2 aromatic rings. The van der Waals surface area contributed by atoms with Crippen LogP contribution in [-0.4, -0.2) is 36.2 Å². The van der Waals surface area contributed by atoms with Crippen molar-refractivity contribution >= 4 is 16.3 Å². The van der Waals surface area contributed by atoms with Gasteiger partial charge in [-0.15, -0.1) is 11.3 Å². The third-order valence-corrected chi connectivity index (χ3v) is 4.02. The molecule has 5 heteroatoms. The van der Waals surface area contributed by atoms with E-state index in [4.69, 9.17) is 4.74 Å². The Hall–Kier alpha value is -0.910. The number of ether oxygens (including phenoxy) is 1. The monoisotopic (exact) mass is 281 g/mol. The lowest BCUT2D eigenvalue weighted by Crippen LogP contribution is -2.27. The first-order valence-electron chi connectivity index (χ1n) is 6.94. The summed E-state index contributed by atoms with van der Waals surface area (Å²) in [5, 5.41) is 5.53. The van der Waals surface area contributed by atoms with E-state index in [9.17, 15) is 0 Å². The highest BCUT2D eigenvalue weighted by molar-refractivity contribution is 7.15. The summed E-state index contributed by atoms with van der Waals surface area (Å²) in [6.07, 6.45) is 7.75. The van der Waals surface area contributed by atoms with Gasteiger partial charge in [0.1, 0.15) is 0 Å². The molecule has 0 saturated heterocycles. The molecule has 1 N–H and O–H groups in total. The zero-order valence-corrected chi connectivity index (χ0v) is 12.6. The second kappa shape index (κ2) is 7.62. The molecule has 2 aromatic heterocycles. The average Bonchev–Trinajstić information content (AvgIpc) is 2.95. The van der Waals surface area contributed by atoms with E-state index in [-0.39, 0.29) is 0 Å². The lowest BCUT2D eigenvalue weighted by atomic mass is 9.98. The number of nitrogens with one attached hydrogen (secondary N) is 1. The minimum absolute atomic E-state index is 0.659. The molecule has 0 fully saturated rings. The molecule has 4 nitrogen and oxygen atoms in total. The lowest BCUT2D eigenvalue weighted by molar-refractivity contribution is 0.197. The molecule has 0 aliphatic rings. The number of thiazole rings is 1. The maximum atomic E-state index is 5.05. The molecule has 1 unspecified atom stereocenters. The number of fused-ring (bicyclic) bond motifs is 1. The number of methoxy groups -OCH3 is 1. The number of rotatable bonds is 9. The standard InChI is InChI=1S/C14H23N3OS/c1-3-4-12(10-15-5-7-18-2)9-13-11-17-6-8-19-14(17)16-13/h6,8,11-12,15H,3-5,7,9-10H2,1-2H3. The number of hydrogen-bond donors (Lipinski definition) is 1. The third-order valence-electron chi connectivity index (χ3n) is 3.25. The zero-order chi connectivity index (χ0) is 13.5. The van der Waals surface area contributed by atoms with Gasteiger partial charge in [-0.25, -0.2) is 4.98 Å². The third kappa shape index (κ3) is 4.30. The van der Waals surface area contributed by atoms with Crippen molar-refractivity contribution in [1.82, 2.24) is 14.7 Å². The summed E-state index contributed by atoms with van der Waals surface area (Å²) in [5.41, 5.74) is 1.21. The Labute approximate surface area is 118 Å². The molecule has 19 heavy (non-hydrogen) atoms. The molecular weight excluding hydrogens is 258 g/mol. The van der Waals surface area contributed by atoms with Crippen LogP contribution in [0.25, 0.3) is 4.96 Å². The Morgan fingerprint density at radius 2 is 2.42 bits per heavy atom. The molecule has 0 aliphatic carbocycles. The molecule has 0 aliphatic heterocycles. The van der Waals surface area contributed by atoms with Crippen molar-refractivity contribution in [2.75, 3.05) is 26.8 Å². The van der Waals surface area contributed by atoms with Gasteiger partial charge in [-0.1, -0.05) is 13.3 Å². The largest absolute Gasteiger partial charge is 0.383 e. The van der Waals surface area contributed by atoms with E-state index in [0.29, 0.717) is 5.92 Å². The zero-order valence-electron chi connectivity index (χ0n) is 11.8. The van der Waals surface area contributed by atoms with Crippen molar-refractivity contribution in [3.63, 3.8) is 0 Å². The van der Waals surface area contributed by atoms with Crippen LogP contribution in [0.5, 0.6) is 0 Å². The van der Waals surface area contributed by atoms with Crippen molar-refractivity contribution in [2.45, 2.75) is 26.2 Å². The maximum Gasteiger partial charge on any atom is 0.193 e. The molecule has 1 atom stereocenters. The van der Waals surface area contributed by atoms with Crippen LogP contribution in [0.1, 0.15) is 25.5 Å². The molecule has 0 saturated carbocycles. The van der Waals surface area contributed by atoms with E-state index >= 15 is 0 Å². The highest BCUT2D eigenvalue weighted by Gasteiger charge is 2.11. The molecule has 0 amide bonds. The summed E-state index contributed by atoms with van der Waals surface area (Å²) in [4.78, 5) is 5.76. The average molecular weight is 281 g/mol. The Morgan fingerprint density at radius 1 is 1.53 bits per heavy atom. The SMILES string of the molecule is CCCC(CNCCOC)Cc1cn2ccsc2n1. The van der Waals surface area contributed by atoms with Crippen LogP contribution in [-0.2, 0) is 11.2 Å². The number of hydrogen-bond acceptors (Lipinski definition) is 4. The lowest BCUT2D eigenvalue weighted by Gasteiger charge is -2.15. The van der Waals surface area contributed by atoms with Crippen LogP contribution in [0, 0.1) is 5.92 Å². The van der Waals surface area contributed by atoms with Crippen LogP contribution >= 0.6 is 11.3 Å². The Bertz CT molecular complexity index is 451. The second-order valence-electron chi connectivity index (χ2n) is 4.88. The fourth-order valence-corrected chi connectivity index (χ4v) is 3.05. The van der Waals surface area contributed by atoms with Crippen LogP contribution in [0.2, 0.25) is 0 Å². The van der Waals surface area contributed by atoms with Crippen molar-refractivity contribution in [3.8, 4) is 0 Å². The van der Waals surface area contributed by atoms with Gasteiger partial charge in [0.25, 0.3) is 0 Å². The van der Waals surface area contributed by atoms with E-state index in [1.54, 1.807) is 18.4 Å². The van der Waals surface area contributed by atoms with Gasteiger partial charge in [0, 0.05) is 31.4 Å². The van der Waals surface area contributed by atoms with Gasteiger partial charge in [0.05, 0.1) is 12.3 Å². The van der Waals surface area contributed by atoms with Gasteiger partial charge < -0.3 is 10.1 Å². The fraction of sp³-hybridized carbons (Fsp3) is 0.643. The molecule has 0 bridgehead atoms. The molecule has 0 radical (unpaired) electrons. The van der Waals surface area contributed by atoms with Crippen LogP contribution < -0.4 is 5.32 Å². The van der Waals surface area contributed by atoms with Crippen LogP contribution in [0.3, 0.4) is 0 Å². The Morgan fingerprint density at radius 3 is 3.16 bits per heavy atom. The van der Waals surface area contributed by atoms with E-state index in [1.807, 2.05) is 0 Å². The second-order valence-corrected chi connectivity index (χ2v) is 5.75. The minimum Gasteiger partial charge on any atom is -0.383 e. The van der Waals surface area contributed by atoms with Crippen molar-refractivity contribution < 1.29 is 4.74 Å². The Kier molecular flexibility index (Phi) is 5.82. The summed E-state index contributed by atoms with van der Waals surface area (Å²) >= 11 is 1.69. The first kappa shape index (κ1) is 14.5. The topological polar surface area (TPSA) is 38.6 Å². The van der Waals surface area contributed by atoms with E-state index in [2.05, 4.69) is 39.4 Å². The number of imidazole rings is 1. The van der Waals surface area contributed by atoms with Gasteiger partial charge in [0.15, 0.2) is 4.96 Å². The number of aromatic nitrogens is 2. The summed E-state index contributed by atoms with van der Waals surface area (Å²) in [5.74, 6) is 0.659. The molecule has 0 aromatic carbocycles. The molecule has 106 valence electrons. The fourth-order valence-electron chi connectivity index (χ4n) is 2.34. The summed E-state index contributed by atoms with van der Waals surface area (Å²) in [6.45, 7) is 4.99. The van der Waals surface area contributed by atoms with E-state index in [0.717, 1.165) is 31.1 Å². The maximum absolute atomic E-state index is 5.05. The quantitative estimate of drug-likeness (QED) is 0.718. The van der Waals surface area contributed by atoms with Gasteiger partial charge in [-0.3, -0.25) is 4.40 Å². The van der Waals surface area contributed by atoms with E-state index < -0.39 is 0 Å². The summed E-state index contributed by atoms with van der Waals surface area (Å²) in [6, 6.07) is 0. The van der Waals surface area contributed by atoms with Crippen LogP contribution in [0.4, 0.5) is 0 Å². The van der Waals surface area contributed by atoms with Gasteiger partial charge in [-0.2, -0.15) is 0 Å². The molecule has 2 heterocycles. The molecule has 0 spiro atoms. The normalized spacial score (nSPS) is 13.2. The summed E-state index contributed by atoms with van der Waals surface area (Å²) < 4.78 is 7.17. The van der Waals surface area contributed by atoms with Crippen molar-refractivity contribution in [3.05, 3.63) is 23.5 Å².